The van der Waals surface area contributed by atoms with Crippen molar-refractivity contribution in [3.05, 3.63) is 53.4 Å². The fourth-order valence-corrected chi connectivity index (χ4v) is 3.59. The molecule has 0 fully saturated rings. The quantitative estimate of drug-likeness (QED) is 0.425. The third-order valence-corrected chi connectivity index (χ3v) is 5.21. The smallest absolute Gasteiger partial charge is 0.207 e. The van der Waals surface area contributed by atoms with Crippen molar-refractivity contribution < 1.29 is 9.26 Å². The molecule has 0 aliphatic rings. The molecule has 0 aliphatic carbocycles. The summed E-state index contributed by atoms with van der Waals surface area (Å²) in [6.45, 7) is 7.43. The normalized spacial score (nSPS) is 11.7. The highest BCUT2D eigenvalue weighted by atomic mass is 16.5. The number of ether oxygens (including phenoxy) is 1. The van der Waals surface area contributed by atoms with E-state index < -0.39 is 0 Å². The number of hydrogen-bond donors (Lipinski definition) is 0. The molecule has 0 saturated carbocycles. The molecule has 5 aromatic rings. The zero-order chi connectivity index (χ0) is 20.7. The first-order valence-corrected chi connectivity index (χ1v) is 9.67. The van der Waals surface area contributed by atoms with Crippen LogP contribution in [-0.4, -0.2) is 46.3 Å². The molecule has 0 bridgehead atoms. The van der Waals surface area contributed by atoms with Gasteiger partial charge in [0, 0.05) is 36.3 Å². The molecular weight excluding hydrogens is 384 g/mol. The van der Waals surface area contributed by atoms with Crippen LogP contribution in [0.25, 0.3) is 27.9 Å². The van der Waals surface area contributed by atoms with Gasteiger partial charge in [0.15, 0.2) is 5.76 Å². The van der Waals surface area contributed by atoms with E-state index in [0.29, 0.717) is 31.2 Å². The summed E-state index contributed by atoms with van der Waals surface area (Å²) in [6.07, 6.45) is 3.49. The van der Waals surface area contributed by atoms with E-state index in [1.165, 1.54) is 0 Å². The standard InChI is InChI=1S/C20H20N8O2/c1-4-29-11-17-22-18-19(12(2)13(3)28-20(18)23-25-26-28)27(17)10-15-8-16(24-30-15)14-6-5-7-21-9-14/h5-9H,4,10-11H2,1-3H3. The summed E-state index contributed by atoms with van der Waals surface area (Å²) in [7, 11) is 0. The fourth-order valence-electron chi connectivity index (χ4n) is 3.59. The maximum atomic E-state index is 5.67. The summed E-state index contributed by atoms with van der Waals surface area (Å²) in [6, 6.07) is 5.74. The maximum absolute atomic E-state index is 5.67. The number of nitrogens with zero attached hydrogens (tertiary/aromatic N) is 8. The second kappa shape index (κ2) is 7.30. The molecule has 5 rings (SSSR count). The van der Waals surface area contributed by atoms with Gasteiger partial charge in [-0.15, -0.1) is 5.10 Å². The highest BCUT2D eigenvalue weighted by molar-refractivity contribution is 5.91. The van der Waals surface area contributed by atoms with Crippen LogP contribution in [0, 0.1) is 13.8 Å². The third-order valence-electron chi connectivity index (χ3n) is 5.21. The van der Waals surface area contributed by atoms with Crippen LogP contribution < -0.4 is 0 Å². The lowest BCUT2D eigenvalue weighted by Crippen LogP contribution is -2.08. The Kier molecular flexibility index (Phi) is 4.47. The molecular formula is C20H20N8O2. The highest BCUT2D eigenvalue weighted by Crippen LogP contribution is 2.28. The first kappa shape index (κ1) is 18.4. The maximum Gasteiger partial charge on any atom is 0.207 e. The molecule has 0 saturated heterocycles. The van der Waals surface area contributed by atoms with Crippen LogP contribution in [0.15, 0.2) is 35.1 Å². The molecule has 0 radical (unpaired) electrons. The molecule has 0 amide bonds. The number of tetrazole rings is 1. The Labute approximate surface area is 171 Å². The average Bonchev–Trinajstić information content (AvgIpc) is 3.50. The van der Waals surface area contributed by atoms with E-state index in [9.17, 15) is 0 Å². The van der Waals surface area contributed by atoms with E-state index in [0.717, 1.165) is 39.4 Å². The van der Waals surface area contributed by atoms with Gasteiger partial charge in [-0.1, -0.05) is 5.16 Å². The van der Waals surface area contributed by atoms with Gasteiger partial charge in [0.2, 0.25) is 5.65 Å². The Morgan fingerprint density at radius 2 is 2.13 bits per heavy atom. The minimum absolute atomic E-state index is 0.376. The second-order valence-electron chi connectivity index (χ2n) is 6.99. The molecule has 10 heteroatoms. The molecule has 0 unspecified atom stereocenters. The van der Waals surface area contributed by atoms with Crippen LogP contribution in [0.3, 0.4) is 0 Å². The van der Waals surface area contributed by atoms with Gasteiger partial charge in [-0.25, -0.2) is 4.98 Å². The van der Waals surface area contributed by atoms with Crippen molar-refractivity contribution in [3.8, 4) is 11.3 Å². The van der Waals surface area contributed by atoms with Crippen molar-refractivity contribution in [1.29, 1.82) is 0 Å². The highest BCUT2D eigenvalue weighted by Gasteiger charge is 2.21. The molecule has 5 aromatic heterocycles. The lowest BCUT2D eigenvalue weighted by molar-refractivity contribution is 0.126. The zero-order valence-electron chi connectivity index (χ0n) is 16.9. The van der Waals surface area contributed by atoms with Gasteiger partial charge in [-0.3, -0.25) is 4.98 Å². The van der Waals surface area contributed by atoms with Gasteiger partial charge in [-0.2, -0.15) is 4.52 Å². The van der Waals surface area contributed by atoms with Crippen LogP contribution in [-0.2, 0) is 17.9 Å². The number of aromatic nitrogens is 8. The second-order valence-corrected chi connectivity index (χ2v) is 6.99. The Hall–Kier alpha value is -3.66. The van der Waals surface area contributed by atoms with Crippen LogP contribution in [0.4, 0.5) is 0 Å². The first-order chi connectivity index (χ1) is 14.7. The molecule has 0 spiro atoms. The van der Waals surface area contributed by atoms with Crippen molar-refractivity contribution in [2.24, 2.45) is 0 Å². The number of pyridine rings is 2. The summed E-state index contributed by atoms with van der Waals surface area (Å²) in [4.78, 5) is 8.96. The van der Waals surface area contributed by atoms with Crippen molar-refractivity contribution in [1.82, 2.24) is 39.7 Å². The van der Waals surface area contributed by atoms with Crippen molar-refractivity contribution in [2.75, 3.05) is 6.61 Å². The molecule has 0 aromatic carbocycles. The van der Waals surface area contributed by atoms with E-state index >= 15 is 0 Å². The van der Waals surface area contributed by atoms with Gasteiger partial charge in [0.05, 0.1) is 12.1 Å². The lowest BCUT2D eigenvalue weighted by Gasteiger charge is -2.10. The molecule has 30 heavy (non-hydrogen) atoms. The summed E-state index contributed by atoms with van der Waals surface area (Å²) in [5.41, 5.74) is 5.98. The summed E-state index contributed by atoms with van der Waals surface area (Å²) < 4.78 is 15.1. The van der Waals surface area contributed by atoms with Crippen LogP contribution in [0.2, 0.25) is 0 Å². The SMILES string of the molecule is CCOCc1nc2c(c(C)c(C)n3nnnc23)n1Cc1cc(-c2cccnc2)no1. The Bertz CT molecular complexity index is 1340. The topological polar surface area (TPSA) is 109 Å². The van der Waals surface area contributed by atoms with Gasteiger partial charge < -0.3 is 13.8 Å². The van der Waals surface area contributed by atoms with Gasteiger partial charge in [0.1, 0.15) is 23.6 Å². The zero-order valence-corrected chi connectivity index (χ0v) is 16.9. The summed E-state index contributed by atoms with van der Waals surface area (Å²) >= 11 is 0. The van der Waals surface area contributed by atoms with Gasteiger partial charge >= 0.3 is 0 Å². The van der Waals surface area contributed by atoms with E-state index in [2.05, 4.69) is 30.2 Å². The van der Waals surface area contributed by atoms with Crippen molar-refractivity contribution in [2.45, 2.75) is 33.9 Å². The largest absolute Gasteiger partial charge is 0.374 e. The van der Waals surface area contributed by atoms with Crippen LogP contribution in [0.5, 0.6) is 0 Å². The minimum atomic E-state index is 0.376. The number of fused-ring (bicyclic) bond motifs is 3. The number of hydrogen-bond acceptors (Lipinski definition) is 8. The molecule has 5 heterocycles. The Morgan fingerprint density at radius 1 is 1.23 bits per heavy atom. The number of imidazole rings is 1. The molecule has 0 aliphatic heterocycles. The Morgan fingerprint density at radius 3 is 2.93 bits per heavy atom. The van der Waals surface area contributed by atoms with Gasteiger partial charge in [-0.05, 0) is 48.9 Å². The van der Waals surface area contributed by atoms with E-state index in [1.54, 1.807) is 16.9 Å². The summed E-state index contributed by atoms with van der Waals surface area (Å²) in [5, 5.41) is 16.3. The number of rotatable bonds is 6. The van der Waals surface area contributed by atoms with Crippen LogP contribution >= 0.6 is 0 Å². The predicted octanol–water partition coefficient (Wildman–Crippen LogP) is 2.73. The third kappa shape index (κ3) is 2.92. The number of aryl methyl sites for hydroxylation is 2. The monoisotopic (exact) mass is 404 g/mol. The lowest BCUT2D eigenvalue weighted by atomic mass is 10.2. The van der Waals surface area contributed by atoms with E-state index in [-0.39, 0.29) is 0 Å². The van der Waals surface area contributed by atoms with Crippen molar-refractivity contribution >= 4 is 16.7 Å². The molecule has 0 atom stereocenters. The molecule has 152 valence electrons. The first-order valence-electron chi connectivity index (χ1n) is 9.67. The fraction of sp³-hybridized carbons (Fsp3) is 0.300. The van der Waals surface area contributed by atoms with E-state index in [4.69, 9.17) is 14.2 Å². The van der Waals surface area contributed by atoms with Crippen LogP contribution in [0.1, 0.15) is 29.8 Å². The Balaban J connectivity index is 1.64. The molecule has 0 N–H and O–H groups in total. The average molecular weight is 404 g/mol. The molecule has 10 nitrogen and oxygen atoms in total. The van der Waals surface area contributed by atoms with Gasteiger partial charge in [0.25, 0.3) is 0 Å². The minimum Gasteiger partial charge on any atom is -0.374 e. The van der Waals surface area contributed by atoms with E-state index in [1.807, 2.05) is 39.0 Å². The summed E-state index contributed by atoms with van der Waals surface area (Å²) in [5.74, 6) is 1.49. The van der Waals surface area contributed by atoms with Crippen molar-refractivity contribution in [3.63, 3.8) is 0 Å². The predicted molar refractivity (Wildman–Crippen MR) is 108 cm³/mol.